The van der Waals surface area contributed by atoms with Crippen LogP contribution in [0.15, 0.2) is 24.3 Å². The molecule has 1 heterocycles. The van der Waals surface area contributed by atoms with Crippen LogP contribution in [0.5, 0.6) is 0 Å². The summed E-state index contributed by atoms with van der Waals surface area (Å²) in [7, 11) is 0. The first-order chi connectivity index (χ1) is 8.81. The van der Waals surface area contributed by atoms with Gasteiger partial charge in [-0.2, -0.15) is 5.10 Å². The van der Waals surface area contributed by atoms with Crippen molar-refractivity contribution in [2.24, 2.45) is 0 Å². The Balaban J connectivity index is 1.86. The third kappa shape index (κ3) is 3.31. The average Bonchev–Trinajstić information content (AvgIpc) is 2.80. The zero-order chi connectivity index (χ0) is 12.8. The first-order valence-corrected chi connectivity index (χ1v) is 6.67. The fraction of sp³-hybridized carbons (Fsp3) is 0.500. The number of nitrogens with one attached hydrogen (secondary N) is 3. The van der Waals surface area contributed by atoms with Gasteiger partial charge in [0.25, 0.3) is 0 Å². The highest BCUT2D eigenvalue weighted by atomic mass is 15.1. The standard InChI is InChI=1S/C14H22N4/c1-3-8-15-9-11(2)16-10-14-12-6-4-5-7-13(12)17-18-14/h4-7,11,15-16H,3,8-10H2,1-2H3,(H,17,18). The zero-order valence-corrected chi connectivity index (χ0v) is 11.2. The molecule has 0 aliphatic rings. The molecular weight excluding hydrogens is 224 g/mol. The highest BCUT2D eigenvalue weighted by Crippen LogP contribution is 2.14. The van der Waals surface area contributed by atoms with Crippen LogP contribution in [0.1, 0.15) is 26.0 Å². The lowest BCUT2D eigenvalue weighted by atomic mass is 10.2. The average molecular weight is 246 g/mol. The molecule has 0 saturated heterocycles. The maximum atomic E-state index is 4.29. The van der Waals surface area contributed by atoms with Crippen molar-refractivity contribution in [1.82, 2.24) is 20.8 Å². The summed E-state index contributed by atoms with van der Waals surface area (Å²) in [5.41, 5.74) is 2.19. The number of nitrogens with zero attached hydrogens (tertiary/aromatic N) is 1. The van der Waals surface area contributed by atoms with Gasteiger partial charge in [-0.25, -0.2) is 0 Å². The summed E-state index contributed by atoms with van der Waals surface area (Å²) in [4.78, 5) is 0. The topological polar surface area (TPSA) is 52.7 Å². The molecule has 18 heavy (non-hydrogen) atoms. The van der Waals surface area contributed by atoms with Gasteiger partial charge in [-0.3, -0.25) is 5.10 Å². The van der Waals surface area contributed by atoms with Crippen LogP contribution >= 0.6 is 0 Å². The van der Waals surface area contributed by atoms with Crippen LogP contribution in [0.3, 0.4) is 0 Å². The Morgan fingerprint density at radius 3 is 3.00 bits per heavy atom. The number of hydrogen-bond acceptors (Lipinski definition) is 3. The summed E-state index contributed by atoms with van der Waals surface area (Å²) in [6.45, 7) is 7.29. The fourth-order valence-corrected chi connectivity index (χ4v) is 1.99. The van der Waals surface area contributed by atoms with Gasteiger partial charge >= 0.3 is 0 Å². The van der Waals surface area contributed by atoms with Crippen molar-refractivity contribution in [1.29, 1.82) is 0 Å². The van der Waals surface area contributed by atoms with E-state index >= 15 is 0 Å². The molecule has 0 amide bonds. The van der Waals surface area contributed by atoms with Gasteiger partial charge in [0.1, 0.15) is 0 Å². The largest absolute Gasteiger partial charge is 0.315 e. The van der Waals surface area contributed by atoms with Crippen molar-refractivity contribution in [3.63, 3.8) is 0 Å². The van der Waals surface area contributed by atoms with Crippen LogP contribution in [-0.2, 0) is 6.54 Å². The predicted molar refractivity (Wildman–Crippen MR) is 75.6 cm³/mol. The molecule has 0 bridgehead atoms. The van der Waals surface area contributed by atoms with Gasteiger partial charge in [-0.15, -0.1) is 0 Å². The molecule has 0 radical (unpaired) electrons. The van der Waals surface area contributed by atoms with E-state index in [1.54, 1.807) is 0 Å². The lowest BCUT2D eigenvalue weighted by Crippen LogP contribution is -2.36. The minimum atomic E-state index is 0.457. The lowest BCUT2D eigenvalue weighted by molar-refractivity contribution is 0.498. The Hall–Kier alpha value is -1.39. The third-order valence-corrected chi connectivity index (χ3v) is 3.05. The van der Waals surface area contributed by atoms with Gasteiger partial charge in [0.15, 0.2) is 0 Å². The molecule has 1 unspecified atom stereocenters. The number of hydrogen-bond donors (Lipinski definition) is 3. The molecule has 0 aliphatic heterocycles. The van der Waals surface area contributed by atoms with Crippen molar-refractivity contribution in [2.45, 2.75) is 32.9 Å². The Morgan fingerprint density at radius 2 is 2.17 bits per heavy atom. The van der Waals surface area contributed by atoms with Crippen LogP contribution in [-0.4, -0.2) is 29.3 Å². The molecule has 1 aromatic heterocycles. The molecule has 98 valence electrons. The van der Waals surface area contributed by atoms with Gasteiger partial charge in [0.2, 0.25) is 0 Å². The molecule has 1 atom stereocenters. The molecule has 0 fully saturated rings. The Kier molecular flexibility index (Phi) is 4.73. The normalized spacial score (nSPS) is 13.0. The van der Waals surface area contributed by atoms with E-state index in [0.29, 0.717) is 6.04 Å². The van der Waals surface area contributed by atoms with Gasteiger partial charge in [-0.1, -0.05) is 25.1 Å². The van der Waals surface area contributed by atoms with Gasteiger partial charge in [0, 0.05) is 24.5 Å². The summed E-state index contributed by atoms with van der Waals surface area (Å²) < 4.78 is 0. The van der Waals surface area contributed by atoms with Crippen LogP contribution in [0, 0.1) is 0 Å². The van der Waals surface area contributed by atoms with Crippen LogP contribution in [0.25, 0.3) is 10.9 Å². The predicted octanol–water partition coefficient (Wildman–Crippen LogP) is 2.04. The highest BCUT2D eigenvalue weighted by molar-refractivity contribution is 5.81. The number of aromatic nitrogens is 2. The SMILES string of the molecule is CCCNCC(C)NCc1[nH]nc2ccccc12. The Labute approximate surface area is 108 Å². The molecule has 1 aromatic carbocycles. The van der Waals surface area contributed by atoms with Crippen LogP contribution in [0.2, 0.25) is 0 Å². The number of fused-ring (bicyclic) bond motifs is 1. The number of H-pyrrole nitrogens is 1. The maximum absolute atomic E-state index is 4.29. The summed E-state index contributed by atoms with van der Waals surface area (Å²) >= 11 is 0. The Morgan fingerprint density at radius 1 is 1.33 bits per heavy atom. The Bertz CT molecular complexity index is 477. The summed E-state index contributed by atoms with van der Waals surface area (Å²) in [5.74, 6) is 0. The quantitative estimate of drug-likeness (QED) is 0.655. The summed E-state index contributed by atoms with van der Waals surface area (Å²) in [6, 6.07) is 8.65. The minimum absolute atomic E-state index is 0.457. The first kappa shape index (κ1) is 13.1. The number of benzene rings is 1. The van der Waals surface area contributed by atoms with E-state index in [1.807, 2.05) is 18.2 Å². The minimum Gasteiger partial charge on any atom is -0.315 e. The summed E-state index contributed by atoms with van der Waals surface area (Å²) in [6.07, 6.45) is 1.18. The van der Waals surface area contributed by atoms with Crippen molar-refractivity contribution < 1.29 is 0 Å². The maximum Gasteiger partial charge on any atom is 0.0924 e. The van der Waals surface area contributed by atoms with Gasteiger partial charge < -0.3 is 10.6 Å². The number of aromatic amines is 1. The molecule has 2 rings (SSSR count). The number of para-hydroxylation sites is 1. The molecule has 3 N–H and O–H groups in total. The molecule has 2 aromatic rings. The van der Waals surface area contributed by atoms with E-state index in [1.165, 1.54) is 11.8 Å². The van der Waals surface area contributed by atoms with E-state index in [4.69, 9.17) is 0 Å². The van der Waals surface area contributed by atoms with Crippen molar-refractivity contribution >= 4 is 10.9 Å². The van der Waals surface area contributed by atoms with E-state index in [2.05, 4.69) is 40.7 Å². The second kappa shape index (κ2) is 6.52. The summed E-state index contributed by atoms with van der Waals surface area (Å²) in [5, 5.41) is 15.5. The monoisotopic (exact) mass is 246 g/mol. The zero-order valence-electron chi connectivity index (χ0n) is 11.2. The smallest absolute Gasteiger partial charge is 0.0924 e. The van der Waals surface area contributed by atoms with Crippen molar-refractivity contribution in [2.75, 3.05) is 13.1 Å². The fourth-order valence-electron chi connectivity index (χ4n) is 1.99. The van der Waals surface area contributed by atoms with Crippen LogP contribution < -0.4 is 10.6 Å². The van der Waals surface area contributed by atoms with E-state index in [-0.39, 0.29) is 0 Å². The molecule has 0 aliphatic carbocycles. The second-order valence-corrected chi connectivity index (χ2v) is 4.71. The first-order valence-electron chi connectivity index (χ1n) is 6.67. The molecule has 0 spiro atoms. The highest BCUT2D eigenvalue weighted by Gasteiger charge is 2.06. The second-order valence-electron chi connectivity index (χ2n) is 4.71. The lowest BCUT2D eigenvalue weighted by Gasteiger charge is -2.13. The van der Waals surface area contributed by atoms with Gasteiger partial charge in [-0.05, 0) is 26.0 Å². The van der Waals surface area contributed by atoms with E-state index in [9.17, 15) is 0 Å². The molecule has 4 nitrogen and oxygen atoms in total. The van der Waals surface area contributed by atoms with E-state index < -0.39 is 0 Å². The molecule has 0 saturated carbocycles. The van der Waals surface area contributed by atoms with Crippen molar-refractivity contribution in [3.05, 3.63) is 30.0 Å². The number of rotatable bonds is 7. The van der Waals surface area contributed by atoms with E-state index in [0.717, 1.165) is 30.8 Å². The van der Waals surface area contributed by atoms with Gasteiger partial charge in [0.05, 0.1) is 11.2 Å². The molecule has 4 heteroatoms. The van der Waals surface area contributed by atoms with Crippen molar-refractivity contribution in [3.8, 4) is 0 Å². The van der Waals surface area contributed by atoms with Crippen LogP contribution in [0.4, 0.5) is 0 Å². The third-order valence-electron chi connectivity index (χ3n) is 3.05. The molecular formula is C14H22N4.